The molecule has 0 radical (unpaired) electrons. The molecule has 2 aromatic carbocycles. The van der Waals surface area contributed by atoms with E-state index in [9.17, 15) is 13.2 Å². The van der Waals surface area contributed by atoms with Gasteiger partial charge in [-0.2, -0.15) is 0 Å². The lowest BCUT2D eigenvalue weighted by Crippen LogP contribution is -2.13. The van der Waals surface area contributed by atoms with Gasteiger partial charge in [0.15, 0.2) is 20.9 Å². The van der Waals surface area contributed by atoms with E-state index in [-0.39, 0.29) is 10.7 Å². The Morgan fingerprint density at radius 2 is 1.68 bits per heavy atom. The number of fused-ring (bicyclic) bond motifs is 1. The zero-order valence-corrected chi connectivity index (χ0v) is 11.1. The number of carbonyl (C=O) groups excluding carboxylic acids is 1. The standard InChI is InChI=1S/C15H12O3S/c1-10-7-8-13-12(9-10)14(16)15(19(13,17)18)11-5-3-2-4-6-11/h2-9,15H,1H3/t15-/m1/s1. The van der Waals surface area contributed by atoms with E-state index in [1.54, 1.807) is 42.5 Å². The van der Waals surface area contributed by atoms with Crippen molar-refractivity contribution in [3.63, 3.8) is 0 Å². The molecule has 0 saturated carbocycles. The molecule has 0 aromatic heterocycles. The molecule has 1 heterocycles. The molecule has 4 heteroatoms. The number of carbonyl (C=O) groups is 1. The highest BCUT2D eigenvalue weighted by atomic mass is 32.2. The monoisotopic (exact) mass is 272 g/mol. The summed E-state index contributed by atoms with van der Waals surface area (Å²) in [6.45, 7) is 1.84. The molecule has 3 nitrogen and oxygen atoms in total. The summed E-state index contributed by atoms with van der Waals surface area (Å²) in [7, 11) is -3.61. The number of aryl methyl sites for hydroxylation is 1. The topological polar surface area (TPSA) is 51.2 Å². The number of hydrogen-bond donors (Lipinski definition) is 0. The third kappa shape index (κ3) is 1.71. The van der Waals surface area contributed by atoms with E-state index in [4.69, 9.17) is 0 Å². The maximum atomic E-state index is 12.5. The Balaban J connectivity index is 2.25. The number of benzene rings is 2. The summed E-state index contributed by atoms with van der Waals surface area (Å²) in [6, 6.07) is 13.5. The number of rotatable bonds is 1. The van der Waals surface area contributed by atoms with Gasteiger partial charge in [0.05, 0.1) is 4.90 Å². The van der Waals surface area contributed by atoms with Gasteiger partial charge in [-0.15, -0.1) is 0 Å². The fraction of sp³-hybridized carbons (Fsp3) is 0.133. The van der Waals surface area contributed by atoms with Gasteiger partial charge >= 0.3 is 0 Å². The molecule has 0 aliphatic carbocycles. The van der Waals surface area contributed by atoms with Gasteiger partial charge in [0, 0.05) is 5.56 Å². The van der Waals surface area contributed by atoms with E-state index in [1.807, 2.05) is 6.92 Å². The average molecular weight is 272 g/mol. The van der Waals surface area contributed by atoms with Crippen molar-refractivity contribution in [1.82, 2.24) is 0 Å². The van der Waals surface area contributed by atoms with Gasteiger partial charge in [0.1, 0.15) is 0 Å². The predicted octanol–water partition coefficient (Wildman–Crippen LogP) is 2.71. The zero-order valence-electron chi connectivity index (χ0n) is 10.3. The first kappa shape index (κ1) is 12.1. The molecular weight excluding hydrogens is 260 g/mol. The maximum Gasteiger partial charge on any atom is 0.193 e. The van der Waals surface area contributed by atoms with E-state index >= 15 is 0 Å². The van der Waals surface area contributed by atoms with Crippen molar-refractivity contribution in [1.29, 1.82) is 0 Å². The Morgan fingerprint density at radius 3 is 2.37 bits per heavy atom. The molecule has 2 aromatic rings. The summed E-state index contributed by atoms with van der Waals surface area (Å²) in [5, 5.41) is -1.09. The van der Waals surface area contributed by atoms with Crippen LogP contribution in [-0.4, -0.2) is 14.2 Å². The quantitative estimate of drug-likeness (QED) is 0.802. The van der Waals surface area contributed by atoms with Crippen LogP contribution >= 0.6 is 0 Å². The lowest BCUT2D eigenvalue weighted by molar-refractivity contribution is 0.0990. The van der Waals surface area contributed by atoms with Crippen LogP contribution in [-0.2, 0) is 9.84 Å². The molecule has 1 aliphatic rings. The summed E-state index contributed by atoms with van der Waals surface area (Å²) in [5.41, 5.74) is 1.73. The molecule has 0 bridgehead atoms. The van der Waals surface area contributed by atoms with Crippen LogP contribution in [0.5, 0.6) is 0 Å². The Hall–Kier alpha value is -1.94. The second-order valence-corrected chi connectivity index (χ2v) is 6.70. The lowest BCUT2D eigenvalue weighted by Gasteiger charge is -2.07. The molecule has 0 N–H and O–H groups in total. The Kier molecular flexibility index (Phi) is 2.57. The van der Waals surface area contributed by atoms with Crippen LogP contribution in [0.3, 0.4) is 0 Å². The first-order chi connectivity index (χ1) is 9.01. The summed E-state index contributed by atoms with van der Waals surface area (Å²) in [6.07, 6.45) is 0. The third-order valence-corrected chi connectivity index (χ3v) is 5.43. The van der Waals surface area contributed by atoms with E-state index in [1.165, 1.54) is 6.07 Å². The normalized spacial score (nSPS) is 20.3. The number of ketones is 1. The highest BCUT2D eigenvalue weighted by molar-refractivity contribution is 7.93. The van der Waals surface area contributed by atoms with Crippen LogP contribution in [0.25, 0.3) is 0 Å². The molecule has 0 saturated heterocycles. The number of Topliss-reactive ketones (excluding diaryl/α,β-unsaturated/α-hetero) is 1. The van der Waals surface area contributed by atoms with Crippen LogP contribution in [0, 0.1) is 6.92 Å². The van der Waals surface area contributed by atoms with Gasteiger partial charge in [-0.1, -0.05) is 42.0 Å². The molecule has 0 amide bonds. The van der Waals surface area contributed by atoms with Crippen molar-refractivity contribution < 1.29 is 13.2 Å². The van der Waals surface area contributed by atoms with Crippen LogP contribution in [0.4, 0.5) is 0 Å². The van der Waals surface area contributed by atoms with E-state index in [0.29, 0.717) is 11.1 Å². The SMILES string of the molecule is Cc1ccc2c(c1)C(=O)[C@@H](c1ccccc1)S2(=O)=O. The van der Waals surface area contributed by atoms with Crippen LogP contribution in [0.2, 0.25) is 0 Å². The highest BCUT2D eigenvalue weighted by Gasteiger charge is 2.44. The minimum absolute atomic E-state index is 0.150. The minimum Gasteiger partial charge on any atom is -0.292 e. The van der Waals surface area contributed by atoms with Gasteiger partial charge in [0.2, 0.25) is 0 Å². The van der Waals surface area contributed by atoms with Crippen LogP contribution < -0.4 is 0 Å². The Labute approximate surface area is 111 Å². The molecule has 19 heavy (non-hydrogen) atoms. The Bertz CT molecular complexity index is 761. The molecule has 0 spiro atoms. The molecule has 0 fully saturated rings. The summed E-state index contributed by atoms with van der Waals surface area (Å²) < 4.78 is 25.0. The van der Waals surface area contributed by atoms with Crippen molar-refractivity contribution in [3.8, 4) is 0 Å². The fourth-order valence-corrected chi connectivity index (χ4v) is 4.35. The average Bonchev–Trinajstić information content (AvgIpc) is 2.58. The van der Waals surface area contributed by atoms with Gasteiger partial charge in [0.25, 0.3) is 0 Å². The summed E-state index contributed by atoms with van der Waals surface area (Å²) >= 11 is 0. The number of hydrogen-bond acceptors (Lipinski definition) is 3. The van der Waals surface area contributed by atoms with Crippen molar-refractivity contribution in [2.24, 2.45) is 0 Å². The Morgan fingerprint density at radius 1 is 1.00 bits per heavy atom. The first-order valence-electron chi connectivity index (χ1n) is 5.95. The van der Waals surface area contributed by atoms with Gasteiger partial charge in [-0.25, -0.2) is 8.42 Å². The van der Waals surface area contributed by atoms with Crippen molar-refractivity contribution in [3.05, 3.63) is 65.2 Å². The number of sulfone groups is 1. The largest absolute Gasteiger partial charge is 0.292 e. The molecular formula is C15H12O3S. The third-order valence-electron chi connectivity index (χ3n) is 3.36. The van der Waals surface area contributed by atoms with Crippen LogP contribution in [0.1, 0.15) is 26.7 Å². The van der Waals surface area contributed by atoms with Gasteiger partial charge in [-0.05, 0) is 24.6 Å². The summed E-state index contributed by atoms with van der Waals surface area (Å²) in [5.74, 6) is -0.329. The summed E-state index contributed by atoms with van der Waals surface area (Å²) in [4.78, 5) is 12.5. The smallest absolute Gasteiger partial charge is 0.193 e. The molecule has 1 aliphatic heterocycles. The fourth-order valence-electron chi connectivity index (χ4n) is 2.45. The minimum atomic E-state index is -3.61. The second kappa shape index (κ2) is 4.03. The van der Waals surface area contributed by atoms with Crippen molar-refractivity contribution in [2.45, 2.75) is 17.1 Å². The lowest BCUT2D eigenvalue weighted by atomic mass is 10.0. The van der Waals surface area contributed by atoms with E-state index < -0.39 is 15.1 Å². The zero-order chi connectivity index (χ0) is 13.6. The van der Waals surface area contributed by atoms with Gasteiger partial charge < -0.3 is 0 Å². The van der Waals surface area contributed by atoms with E-state index in [0.717, 1.165) is 5.56 Å². The van der Waals surface area contributed by atoms with Crippen molar-refractivity contribution in [2.75, 3.05) is 0 Å². The first-order valence-corrected chi connectivity index (χ1v) is 7.50. The molecule has 3 rings (SSSR count). The van der Waals surface area contributed by atoms with Crippen LogP contribution in [0.15, 0.2) is 53.4 Å². The van der Waals surface area contributed by atoms with E-state index in [2.05, 4.69) is 0 Å². The molecule has 0 unspecified atom stereocenters. The molecule has 96 valence electrons. The molecule has 1 atom stereocenters. The highest BCUT2D eigenvalue weighted by Crippen LogP contribution is 2.40. The maximum absolute atomic E-state index is 12.5. The van der Waals surface area contributed by atoms with Gasteiger partial charge in [-0.3, -0.25) is 4.79 Å². The van der Waals surface area contributed by atoms with Crippen molar-refractivity contribution >= 4 is 15.6 Å². The second-order valence-electron chi connectivity index (χ2n) is 4.70. The predicted molar refractivity (Wildman–Crippen MR) is 71.9 cm³/mol.